The Morgan fingerprint density at radius 1 is 0.922 bits per heavy atom. The summed E-state index contributed by atoms with van der Waals surface area (Å²) in [5.74, 6) is -0.368. The van der Waals surface area contributed by atoms with Crippen molar-refractivity contribution in [3.8, 4) is 16.9 Å². The largest absolute Gasteiger partial charge is 0.491 e. The monoisotopic (exact) mass is 697 g/mol. The molecule has 14 nitrogen and oxygen atoms in total. The number of nitrogens with zero attached hydrogens (tertiary/aromatic N) is 4. The maximum atomic E-state index is 12.7. The zero-order chi connectivity index (χ0) is 36.3. The van der Waals surface area contributed by atoms with Gasteiger partial charge >= 0.3 is 5.97 Å². The van der Waals surface area contributed by atoms with E-state index in [1.54, 1.807) is 18.3 Å². The highest BCUT2D eigenvalue weighted by molar-refractivity contribution is 6.00. The summed E-state index contributed by atoms with van der Waals surface area (Å²) in [6, 6.07) is 22.2. The van der Waals surface area contributed by atoms with E-state index in [1.807, 2.05) is 67.6 Å². The molecule has 0 aliphatic carbocycles. The minimum Gasteiger partial charge on any atom is -0.491 e. The van der Waals surface area contributed by atoms with Crippen LogP contribution in [0.3, 0.4) is 0 Å². The van der Waals surface area contributed by atoms with E-state index >= 15 is 0 Å². The first-order valence-electron chi connectivity index (χ1n) is 16.7. The van der Waals surface area contributed by atoms with E-state index in [9.17, 15) is 19.5 Å². The highest BCUT2D eigenvalue weighted by Gasteiger charge is 2.19. The molecule has 0 radical (unpaired) electrons. The molecule has 268 valence electrons. The van der Waals surface area contributed by atoms with Crippen LogP contribution in [0.25, 0.3) is 32.3 Å². The third-order valence-corrected chi connectivity index (χ3v) is 7.73. The SMILES string of the molecule is Cc1ccnc(NCCCC(=O)NCC(=O)N[C@@H](CC(=O)O)c2ccc(-c3ccc(OCCOCCOCCN=[N+]=[N-])c4ccccc34)cc2)c1. The molecular weight excluding hydrogens is 654 g/mol. The van der Waals surface area contributed by atoms with Gasteiger partial charge in [0.05, 0.1) is 45.4 Å². The number of ether oxygens (including phenoxy) is 3. The van der Waals surface area contributed by atoms with E-state index in [1.165, 1.54) is 0 Å². The van der Waals surface area contributed by atoms with Crippen LogP contribution in [-0.2, 0) is 23.9 Å². The highest BCUT2D eigenvalue weighted by atomic mass is 16.5. The first-order chi connectivity index (χ1) is 24.8. The van der Waals surface area contributed by atoms with Crippen LogP contribution in [0.15, 0.2) is 84.1 Å². The van der Waals surface area contributed by atoms with E-state index in [0.717, 1.165) is 33.3 Å². The van der Waals surface area contributed by atoms with Gasteiger partial charge in [0.1, 0.15) is 18.2 Å². The van der Waals surface area contributed by atoms with Crippen molar-refractivity contribution in [3.05, 3.63) is 101 Å². The Labute approximate surface area is 296 Å². The molecule has 0 saturated heterocycles. The van der Waals surface area contributed by atoms with Gasteiger partial charge in [-0.1, -0.05) is 59.7 Å². The van der Waals surface area contributed by atoms with Gasteiger partial charge in [-0.3, -0.25) is 14.4 Å². The Morgan fingerprint density at radius 3 is 2.41 bits per heavy atom. The molecule has 0 unspecified atom stereocenters. The molecule has 0 aliphatic rings. The molecule has 0 aliphatic heterocycles. The van der Waals surface area contributed by atoms with E-state index in [4.69, 9.17) is 19.7 Å². The zero-order valence-electron chi connectivity index (χ0n) is 28.5. The number of aromatic nitrogens is 1. The molecule has 1 heterocycles. The van der Waals surface area contributed by atoms with E-state index in [0.29, 0.717) is 57.3 Å². The number of benzene rings is 3. The molecule has 0 saturated carbocycles. The van der Waals surface area contributed by atoms with Gasteiger partial charge in [0.2, 0.25) is 11.8 Å². The van der Waals surface area contributed by atoms with Crippen molar-refractivity contribution in [1.29, 1.82) is 0 Å². The van der Waals surface area contributed by atoms with Crippen LogP contribution >= 0.6 is 0 Å². The Balaban J connectivity index is 1.28. The van der Waals surface area contributed by atoms with E-state index in [-0.39, 0.29) is 31.8 Å². The highest BCUT2D eigenvalue weighted by Crippen LogP contribution is 2.35. The number of aryl methyl sites for hydroxylation is 1. The van der Waals surface area contributed by atoms with Crippen molar-refractivity contribution < 1.29 is 33.7 Å². The lowest BCUT2D eigenvalue weighted by Gasteiger charge is -2.19. The number of pyridine rings is 1. The number of amides is 2. The standard InChI is InChI=1S/C37H43N7O7/c1-26-14-16-40-34(23-26)39-15-4-7-35(45)41-25-36(46)43-32(24-37(47)48)28-10-8-27(9-11-28)29-12-13-33(31-6-3-2-5-30(29)31)51-22-21-50-20-19-49-18-17-42-44-38/h2-3,5-6,8-14,16,23,32H,4,7,15,17-22,24-25H2,1H3,(H,39,40)(H,41,45)(H,43,46)(H,47,48)/t32-/m0/s1. The molecule has 1 atom stereocenters. The van der Waals surface area contributed by atoms with E-state index in [2.05, 4.69) is 31.0 Å². The number of carbonyl (C=O) groups is 3. The predicted molar refractivity (Wildman–Crippen MR) is 193 cm³/mol. The zero-order valence-corrected chi connectivity index (χ0v) is 28.5. The lowest BCUT2D eigenvalue weighted by Crippen LogP contribution is -2.39. The number of fused-ring (bicyclic) bond motifs is 1. The van der Waals surface area contributed by atoms with Gasteiger partial charge in [-0.2, -0.15) is 0 Å². The molecule has 4 aromatic rings. The molecule has 0 bridgehead atoms. The van der Waals surface area contributed by atoms with E-state index < -0.39 is 17.9 Å². The van der Waals surface area contributed by atoms with Crippen molar-refractivity contribution in [1.82, 2.24) is 15.6 Å². The second-order valence-corrected chi connectivity index (χ2v) is 11.5. The number of carboxylic acid groups (broad SMARTS) is 1. The summed E-state index contributed by atoms with van der Waals surface area (Å²) in [6.07, 6.45) is 2.17. The summed E-state index contributed by atoms with van der Waals surface area (Å²) in [7, 11) is 0. The van der Waals surface area contributed by atoms with Gasteiger partial charge in [-0.15, -0.1) is 0 Å². The second kappa shape index (κ2) is 20.7. The van der Waals surface area contributed by atoms with Gasteiger partial charge in [-0.25, -0.2) is 4.98 Å². The Bertz CT molecular complexity index is 1800. The fraction of sp³-hybridized carbons (Fsp3) is 0.351. The van der Waals surface area contributed by atoms with Crippen molar-refractivity contribution in [3.63, 3.8) is 0 Å². The molecule has 14 heteroatoms. The van der Waals surface area contributed by atoms with Crippen molar-refractivity contribution in [2.45, 2.75) is 32.2 Å². The van der Waals surface area contributed by atoms with Gasteiger partial charge in [-0.05, 0) is 64.7 Å². The van der Waals surface area contributed by atoms with Crippen molar-refractivity contribution in [2.75, 3.05) is 58.0 Å². The number of azide groups is 1. The topological polar surface area (TPSA) is 197 Å². The quantitative estimate of drug-likeness (QED) is 0.0351. The second-order valence-electron chi connectivity index (χ2n) is 11.5. The number of nitrogens with one attached hydrogen (secondary N) is 3. The summed E-state index contributed by atoms with van der Waals surface area (Å²) in [5, 5.41) is 23.4. The molecule has 0 fully saturated rings. The fourth-order valence-corrected chi connectivity index (χ4v) is 5.26. The van der Waals surface area contributed by atoms with Crippen LogP contribution in [0.1, 0.15) is 36.4 Å². The number of carbonyl (C=O) groups excluding carboxylic acids is 2. The Hall–Kier alpha value is -5.69. The van der Waals surface area contributed by atoms with Crippen molar-refractivity contribution >= 4 is 34.4 Å². The number of anilines is 1. The average Bonchev–Trinajstić information content (AvgIpc) is 3.13. The number of rotatable bonds is 22. The molecule has 1 aromatic heterocycles. The molecule has 3 aromatic carbocycles. The van der Waals surface area contributed by atoms with Crippen LogP contribution in [0.2, 0.25) is 0 Å². The average molecular weight is 698 g/mol. The third kappa shape index (κ3) is 12.9. The summed E-state index contributed by atoms with van der Waals surface area (Å²) in [6.45, 7) is 4.41. The lowest BCUT2D eigenvalue weighted by molar-refractivity contribution is -0.138. The fourth-order valence-electron chi connectivity index (χ4n) is 5.26. The third-order valence-electron chi connectivity index (χ3n) is 7.73. The summed E-state index contributed by atoms with van der Waals surface area (Å²) in [4.78, 5) is 43.6. The van der Waals surface area contributed by atoms with Crippen LogP contribution in [0.5, 0.6) is 5.75 Å². The van der Waals surface area contributed by atoms with Gasteiger partial charge in [0, 0.05) is 36.0 Å². The predicted octanol–water partition coefficient (Wildman–Crippen LogP) is 5.57. The molecule has 4 rings (SSSR count). The Kier molecular flexibility index (Phi) is 15.5. The first-order valence-corrected chi connectivity index (χ1v) is 16.7. The number of hydrogen-bond acceptors (Lipinski definition) is 9. The molecule has 2 amide bonds. The first kappa shape index (κ1) is 38.1. The van der Waals surface area contributed by atoms with Crippen LogP contribution in [-0.4, -0.2) is 80.5 Å². The van der Waals surface area contributed by atoms with Gasteiger partial charge < -0.3 is 35.3 Å². The summed E-state index contributed by atoms with van der Waals surface area (Å²) < 4.78 is 16.9. The van der Waals surface area contributed by atoms with Crippen LogP contribution in [0, 0.1) is 6.92 Å². The molecule has 0 spiro atoms. The number of carboxylic acids is 1. The Morgan fingerprint density at radius 2 is 1.67 bits per heavy atom. The van der Waals surface area contributed by atoms with Crippen LogP contribution < -0.4 is 20.7 Å². The molecular formula is C37H43N7O7. The number of aliphatic carboxylic acids is 1. The lowest BCUT2D eigenvalue weighted by atomic mass is 9.95. The molecule has 51 heavy (non-hydrogen) atoms. The number of hydrogen-bond donors (Lipinski definition) is 4. The summed E-state index contributed by atoms with van der Waals surface area (Å²) >= 11 is 0. The van der Waals surface area contributed by atoms with Crippen LogP contribution in [0.4, 0.5) is 5.82 Å². The van der Waals surface area contributed by atoms with Gasteiger partial charge in [0.15, 0.2) is 0 Å². The minimum absolute atomic E-state index is 0.223. The van der Waals surface area contributed by atoms with Crippen molar-refractivity contribution in [2.24, 2.45) is 5.11 Å². The maximum Gasteiger partial charge on any atom is 0.305 e. The van der Waals surface area contributed by atoms with Gasteiger partial charge in [0.25, 0.3) is 0 Å². The summed E-state index contributed by atoms with van der Waals surface area (Å²) in [5.41, 5.74) is 11.9. The normalized spacial score (nSPS) is 11.3. The maximum absolute atomic E-state index is 12.7. The minimum atomic E-state index is -1.06. The smallest absolute Gasteiger partial charge is 0.305 e. The molecule has 4 N–H and O–H groups in total.